The van der Waals surface area contributed by atoms with Crippen LogP contribution in [0.4, 0.5) is 0 Å². The maximum absolute atomic E-state index is 11.0. The third-order valence-electron chi connectivity index (χ3n) is 1.43. The third-order valence-corrected chi connectivity index (χ3v) is 1.43. The molecule has 1 aromatic rings. The molecule has 0 saturated heterocycles. The fourth-order valence-electron chi connectivity index (χ4n) is 0.838. The van der Waals surface area contributed by atoms with Crippen molar-refractivity contribution in [3.63, 3.8) is 0 Å². The Morgan fingerprint density at radius 1 is 1.45 bits per heavy atom. The molecule has 3 heteroatoms. The van der Waals surface area contributed by atoms with Gasteiger partial charge in [-0.05, 0) is 0 Å². The van der Waals surface area contributed by atoms with Crippen LogP contribution in [0.3, 0.4) is 0 Å². The molecule has 0 saturated carbocycles. The predicted molar refractivity (Wildman–Crippen MR) is 45.2 cm³/mol. The van der Waals surface area contributed by atoms with Crippen LogP contribution in [-0.4, -0.2) is 20.8 Å². The molecule has 0 aliphatic rings. The zero-order valence-electron chi connectivity index (χ0n) is 6.29. The fraction of sp³-hybridized carbons (Fsp3) is 0.125. The maximum atomic E-state index is 11.0. The summed E-state index contributed by atoms with van der Waals surface area (Å²) in [6, 6.07) is 6.96. The van der Waals surface area contributed by atoms with Crippen LogP contribution < -0.4 is 10.8 Å². The minimum Gasteiger partial charge on any atom is -0.355 e. The molecule has 0 atom stereocenters. The highest BCUT2D eigenvalue weighted by atomic mass is 16.1. The molecule has 1 aromatic carbocycles. The van der Waals surface area contributed by atoms with Gasteiger partial charge in [0.2, 0.25) is 5.91 Å². The van der Waals surface area contributed by atoms with Gasteiger partial charge in [0.25, 0.3) is 0 Å². The second kappa shape index (κ2) is 3.24. The normalized spacial score (nSPS) is 9.18. The summed E-state index contributed by atoms with van der Waals surface area (Å²) in [6.45, 7) is 0. The maximum Gasteiger partial charge on any atom is 0.250 e. The van der Waals surface area contributed by atoms with Gasteiger partial charge in [-0.3, -0.25) is 4.79 Å². The highest BCUT2D eigenvalue weighted by molar-refractivity contribution is 6.36. The average molecular weight is 145 g/mol. The van der Waals surface area contributed by atoms with Crippen LogP contribution in [0.15, 0.2) is 24.3 Å². The van der Waals surface area contributed by atoms with Gasteiger partial charge in [0.1, 0.15) is 7.85 Å². The Balaban J connectivity index is 3.03. The molecule has 0 unspecified atom stereocenters. The summed E-state index contributed by atoms with van der Waals surface area (Å²) in [4.78, 5) is 11.0. The van der Waals surface area contributed by atoms with Crippen LogP contribution >= 0.6 is 0 Å². The van der Waals surface area contributed by atoms with Gasteiger partial charge in [0.15, 0.2) is 0 Å². The lowest BCUT2D eigenvalue weighted by Gasteiger charge is -2.02. The van der Waals surface area contributed by atoms with Crippen molar-refractivity contribution in [1.29, 1.82) is 0 Å². The molecule has 0 fully saturated rings. The molecular weight excluding hydrogens is 137 g/mol. The molecule has 1 amide bonds. The van der Waals surface area contributed by atoms with Gasteiger partial charge in [-0.15, -0.1) is 0 Å². The van der Waals surface area contributed by atoms with Gasteiger partial charge >= 0.3 is 0 Å². The Bertz CT molecular complexity index is 273. The smallest absolute Gasteiger partial charge is 0.250 e. The van der Waals surface area contributed by atoms with Gasteiger partial charge in [-0.2, -0.15) is 0 Å². The van der Waals surface area contributed by atoms with E-state index >= 15 is 0 Å². The highest BCUT2D eigenvalue weighted by Gasteiger charge is 2.03. The highest BCUT2D eigenvalue weighted by Crippen LogP contribution is 1.92. The van der Waals surface area contributed by atoms with E-state index in [1.807, 2.05) is 0 Å². The number of carbonyl (C=O) groups is 1. The molecule has 0 aliphatic carbocycles. The first-order chi connectivity index (χ1) is 5.25. The molecule has 0 aromatic heterocycles. The van der Waals surface area contributed by atoms with Gasteiger partial charge in [-0.1, -0.05) is 29.7 Å². The zero-order chi connectivity index (χ0) is 8.27. The van der Waals surface area contributed by atoms with Crippen LogP contribution in [0.2, 0.25) is 0 Å². The average Bonchev–Trinajstić information content (AvgIpc) is 2.04. The van der Waals surface area contributed by atoms with E-state index in [-0.39, 0.29) is 5.91 Å². The molecule has 0 spiro atoms. The van der Waals surface area contributed by atoms with E-state index in [1.165, 1.54) is 0 Å². The number of amides is 1. The van der Waals surface area contributed by atoms with Gasteiger partial charge < -0.3 is 5.32 Å². The first-order valence-electron chi connectivity index (χ1n) is 3.32. The Hall–Kier alpha value is -1.25. The number of hydrogen-bond acceptors (Lipinski definition) is 1. The number of carbonyl (C=O) groups excluding carboxylic acids is 1. The molecule has 0 bridgehead atoms. The van der Waals surface area contributed by atoms with E-state index in [0.717, 1.165) is 0 Å². The second-order valence-corrected chi connectivity index (χ2v) is 2.17. The topological polar surface area (TPSA) is 29.1 Å². The number of benzene rings is 1. The predicted octanol–water partition coefficient (Wildman–Crippen LogP) is -0.160. The summed E-state index contributed by atoms with van der Waals surface area (Å²) in [6.07, 6.45) is 0. The van der Waals surface area contributed by atoms with Crippen molar-refractivity contribution in [2.75, 3.05) is 7.05 Å². The Kier molecular flexibility index (Phi) is 2.31. The van der Waals surface area contributed by atoms with Gasteiger partial charge in [0, 0.05) is 12.6 Å². The molecule has 2 radical (unpaired) electrons. The van der Waals surface area contributed by atoms with E-state index in [2.05, 4.69) is 5.32 Å². The second-order valence-electron chi connectivity index (χ2n) is 2.17. The monoisotopic (exact) mass is 145 g/mol. The molecule has 54 valence electrons. The molecule has 1 N–H and O–H groups in total. The lowest BCUT2D eigenvalue weighted by Crippen LogP contribution is -2.25. The van der Waals surface area contributed by atoms with Crippen molar-refractivity contribution < 1.29 is 4.79 Å². The Morgan fingerprint density at radius 2 is 2.09 bits per heavy atom. The quantitative estimate of drug-likeness (QED) is 0.546. The van der Waals surface area contributed by atoms with Crippen molar-refractivity contribution in [3.8, 4) is 0 Å². The van der Waals surface area contributed by atoms with Crippen LogP contribution in [-0.2, 0) is 0 Å². The molecule has 0 heterocycles. The summed E-state index contributed by atoms with van der Waals surface area (Å²) >= 11 is 0. The summed E-state index contributed by atoms with van der Waals surface area (Å²) in [5, 5.41) is 2.50. The Labute approximate surface area is 67.0 Å². The summed E-state index contributed by atoms with van der Waals surface area (Å²) in [5.41, 5.74) is 1.03. The number of rotatable bonds is 1. The van der Waals surface area contributed by atoms with Gasteiger partial charge in [-0.25, -0.2) is 0 Å². The zero-order valence-corrected chi connectivity index (χ0v) is 6.29. The van der Waals surface area contributed by atoms with Crippen molar-refractivity contribution in [2.45, 2.75) is 0 Å². The SMILES string of the molecule is [B]c1ccccc1C(=O)NC. The van der Waals surface area contributed by atoms with Crippen LogP contribution in [0.1, 0.15) is 10.4 Å². The first kappa shape index (κ1) is 7.86. The minimum atomic E-state index is -0.150. The Morgan fingerprint density at radius 3 is 2.64 bits per heavy atom. The van der Waals surface area contributed by atoms with Crippen LogP contribution in [0.5, 0.6) is 0 Å². The molecule has 11 heavy (non-hydrogen) atoms. The number of hydrogen-bond donors (Lipinski definition) is 1. The molecular formula is C8H8BNO. The van der Waals surface area contributed by atoms with E-state index in [9.17, 15) is 4.79 Å². The third kappa shape index (κ3) is 1.61. The molecule has 1 rings (SSSR count). The van der Waals surface area contributed by atoms with E-state index in [0.29, 0.717) is 11.0 Å². The van der Waals surface area contributed by atoms with E-state index in [1.54, 1.807) is 31.3 Å². The van der Waals surface area contributed by atoms with E-state index < -0.39 is 0 Å². The first-order valence-corrected chi connectivity index (χ1v) is 3.32. The fourth-order valence-corrected chi connectivity index (χ4v) is 0.838. The van der Waals surface area contributed by atoms with E-state index in [4.69, 9.17) is 7.85 Å². The van der Waals surface area contributed by atoms with Crippen molar-refractivity contribution in [1.82, 2.24) is 5.32 Å². The van der Waals surface area contributed by atoms with Crippen molar-refractivity contribution in [3.05, 3.63) is 29.8 Å². The lowest BCUT2D eigenvalue weighted by atomic mass is 9.90. The summed E-state index contributed by atoms with van der Waals surface area (Å²) in [7, 11) is 7.11. The summed E-state index contributed by atoms with van der Waals surface area (Å²) in [5.74, 6) is -0.150. The minimum absolute atomic E-state index is 0.150. The van der Waals surface area contributed by atoms with Gasteiger partial charge in [0.05, 0.1) is 0 Å². The van der Waals surface area contributed by atoms with Crippen LogP contribution in [0.25, 0.3) is 0 Å². The van der Waals surface area contributed by atoms with Crippen LogP contribution in [0, 0.1) is 0 Å². The molecule has 2 nitrogen and oxygen atoms in total. The lowest BCUT2D eigenvalue weighted by molar-refractivity contribution is 0.0964. The largest absolute Gasteiger partial charge is 0.355 e. The molecule has 0 aliphatic heterocycles. The van der Waals surface area contributed by atoms with Crippen molar-refractivity contribution in [2.24, 2.45) is 0 Å². The van der Waals surface area contributed by atoms with Crippen molar-refractivity contribution >= 4 is 19.2 Å². The summed E-state index contributed by atoms with van der Waals surface area (Å²) < 4.78 is 0. The number of nitrogens with one attached hydrogen (secondary N) is 1. The standard InChI is InChI=1S/C8H8BNO/c1-10-8(11)6-4-2-3-5-7(6)9/h2-5H,1H3,(H,10,11).